The van der Waals surface area contributed by atoms with Crippen LogP contribution in [-0.4, -0.2) is 16.5 Å². The lowest BCUT2D eigenvalue weighted by atomic mass is 10.2. The molecule has 1 aromatic carbocycles. The molecule has 20 heavy (non-hydrogen) atoms. The number of halogens is 2. The highest BCUT2D eigenvalue weighted by molar-refractivity contribution is 9.10. The Morgan fingerprint density at radius 1 is 1.45 bits per heavy atom. The monoisotopic (exact) mass is 335 g/mol. The summed E-state index contributed by atoms with van der Waals surface area (Å²) in [5.41, 5.74) is 0.873. The van der Waals surface area contributed by atoms with Gasteiger partial charge in [-0.1, -0.05) is 15.9 Å². The van der Waals surface area contributed by atoms with Crippen LogP contribution in [0.1, 0.15) is 12.5 Å². The highest BCUT2D eigenvalue weighted by Crippen LogP contribution is 2.24. The number of anilines is 3. The first-order valence-corrected chi connectivity index (χ1v) is 6.66. The van der Waals surface area contributed by atoms with Gasteiger partial charge in [-0.3, -0.25) is 0 Å². The van der Waals surface area contributed by atoms with Crippen LogP contribution in [0.4, 0.5) is 21.8 Å². The maximum absolute atomic E-state index is 13.7. The molecule has 0 saturated heterocycles. The number of nitriles is 1. The lowest BCUT2D eigenvalue weighted by Crippen LogP contribution is -2.06. The summed E-state index contributed by atoms with van der Waals surface area (Å²) in [5, 5.41) is 14.8. The van der Waals surface area contributed by atoms with Gasteiger partial charge in [0, 0.05) is 11.0 Å². The Hall–Kier alpha value is -2.20. The van der Waals surface area contributed by atoms with Gasteiger partial charge in [0.05, 0.1) is 17.4 Å². The van der Waals surface area contributed by atoms with Crippen molar-refractivity contribution in [2.24, 2.45) is 0 Å². The first-order chi connectivity index (χ1) is 9.63. The minimum atomic E-state index is -0.585. The van der Waals surface area contributed by atoms with Crippen LogP contribution in [0.25, 0.3) is 0 Å². The average Bonchev–Trinajstić information content (AvgIpc) is 2.44. The quantitative estimate of drug-likeness (QED) is 0.895. The van der Waals surface area contributed by atoms with Crippen molar-refractivity contribution in [3.63, 3.8) is 0 Å². The Labute approximate surface area is 124 Å². The van der Waals surface area contributed by atoms with Crippen molar-refractivity contribution in [3.05, 3.63) is 40.2 Å². The zero-order valence-corrected chi connectivity index (χ0v) is 12.2. The zero-order chi connectivity index (χ0) is 14.5. The number of rotatable bonds is 4. The SMILES string of the molecule is CCNc1ncc(F)c(Nc2ccc(Br)cc2C#N)n1. The third kappa shape index (κ3) is 3.22. The third-order valence-corrected chi connectivity index (χ3v) is 2.93. The Balaban J connectivity index is 2.34. The first-order valence-electron chi connectivity index (χ1n) is 5.87. The van der Waals surface area contributed by atoms with Gasteiger partial charge in [0.25, 0.3) is 0 Å². The molecule has 0 bridgehead atoms. The van der Waals surface area contributed by atoms with Crippen LogP contribution < -0.4 is 10.6 Å². The van der Waals surface area contributed by atoms with Crippen LogP contribution in [-0.2, 0) is 0 Å². The van der Waals surface area contributed by atoms with Crippen LogP contribution in [0.5, 0.6) is 0 Å². The second-order valence-corrected chi connectivity index (χ2v) is 4.76. The van der Waals surface area contributed by atoms with Crippen LogP contribution in [0.15, 0.2) is 28.9 Å². The number of benzene rings is 1. The molecule has 0 radical (unpaired) electrons. The molecular weight excluding hydrogens is 325 g/mol. The van der Waals surface area contributed by atoms with Gasteiger partial charge in [-0.2, -0.15) is 10.2 Å². The average molecular weight is 336 g/mol. The fourth-order valence-electron chi connectivity index (χ4n) is 1.54. The molecule has 102 valence electrons. The largest absolute Gasteiger partial charge is 0.354 e. The molecule has 2 rings (SSSR count). The molecule has 0 aliphatic heterocycles. The van der Waals surface area contributed by atoms with Crippen molar-refractivity contribution in [2.75, 3.05) is 17.2 Å². The summed E-state index contributed by atoms with van der Waals surface area (Å²) in [6.07, 6.45) is 1.08. The second kappa shape index (κ2) is 6.30. The Kier molecular flexibility index (Phi) is 4.48. The van der Waals surface area contributed by atoms with Gasteiger partial charge in [0.2, 0.25) is 5.95 Å². The normalized spacial score (nSPS) is 9.90. The Bertz CT molecular complexity index is 668. The van der Waals surface area contributed by atoms with Gasteiger partial charge >= 0.3 is 0 Å². The van der Waals surface area contributed by atoms with E-state index in [2.05, 4.69) is 36.5 Å². The van der Waals surface area contributed by atoms with Crippen molar-refractivity contribution in [2.45, 2.75) is 6.92 Å². The van der Waals surface area contributed by atoms with E-state index in [0.29, 0.717) is 23.7 Å². The number of nitrogens with zero attached hydrogens (tertiary/aromatic N) is 3. The molecule has 0 atom stereocenters. The molecular formula is C13H11BrFN5. The number of aromatic nitrogens is 2. The predicted molar refractivity (Wildman–Crippen MR) is 78.3 cm³/mol. The van der Waals surface area contributed by atoms with E-state index < -0.39 is 5.82 Å². The summed E-state index contributed by atoms with van der Waals surface area (Å²) in [6.45, 7) is 2.52. The summed E-state index contributed by atoms with van der Waals surface area (Å²) in [6, 6.07) is 7.12. The smallest absolute Gasteiger partial charge is 0.224 e. The molecule has 0 aliphatic carbocycles. The molecule has 0 spiro atoms. The number of hydrogen-bond acceptors (Lipinski definition) is 5. The third-order valence-electron chi connectivity index (χ3n) is 2.43. The highest BCUT2D eigenvalue weighted by atomic mass is 79.9. The van der Waals surface area contributed by atoms with Crippen molar-refractivity contribution in [1.29, 1.82) is 5.26 Å². The Morgan fingerprint density at radius 2 is 2.25 bits per heavy atom. The van der Waals surface area contributed by atoms with Crippen molar-refractivity contribution in [1.82, 2.24) is 9.97 Å². The van der Waals surface area contributed by atoms with Crippen LogP contribution in [0.2, 0.25) is 0 Å². The molecule has 0 amide bonds. The van der Waals surface area contributed by atoms with Gasteiger partial charge < -0.3 is 10.6 Å². The van der Waals surface area contributed by atoms with Gasteiger partial charge in [-0.15, -0.1) is 0 Å². The molecule has 0 aliphatic rings. The lowest BCUT2D eigenvalue weighted by molar-refractivity contribution is 0.619. The minimum Gasteiger partial charge on any atom is -0.354 e. The van der Waals surface area contributed by atoms with E-state index in [4.69, 9.17) is 5.26 Å². The van der Waals surface area contributed by atoms with Crippen molar-refractivity contribution in [3.8, 4) is 6.07 Å². The molecule has 0 fully saturated rings. The van der Waals surface area contributed by atoms with Gasteiger partial charge in [-0.05, 0) is 25.1 Å². The predicted octanol–water partition coefficient (Wildman–Crippen LogP) is 3.43. The Morgan fingerprint density at radius 3 is 2.95 bits per heavy atom. The molecule has 2 aromatic rings. The van der Waals surface area contributed by atoms with Gasteiger partial charge in [0.1, 0.15) is 6.07 Å². The fraction of sp³-hybridized carbons (Fsp3) is 0.154. The topological polar surface area (TPSA) is 73.6 Å². The lowest BCUT2D eigenvalue weighted by Gasteiger charge is -2.10. The minimum absolute atomic E-state index is 0.0229. The molecule has 1 aromatic heterocycles. The van der Waals surface area contributed by atoms with E-state index in [1.54, 1.807) is 18.2 Å². The van der Waals surface area contributed by atoms with E-state index in [-0.39, 0.29) is 5.82 Å². The van der Waals surface area contributed by atoms with E-state index in [0.717, 1.165) is 10.7 Å². The van der Waals surface area contributed by atoms with Crippen LogP contribution >= 0.6 is 15.9 Å². The van der Waals surface area contributed by atoms with Gasteiger partial charge in [-0.25, -0.2) is 9.37 Å². The second-order valence-electron chi connectivity index (χ2n) is 3.85. The molecule has 7 heteroatoms. The van der Waals surface area contributed by atoms with Crippen molar-refractivity contribution < 1.29 is 4.39 Å². The number of nitrogens with one attached hydrogen (secondary N) is 2. The fourth-order valence-corrected chi connectivity index (χ4v) is 1.90. The first kappa shape index (κ1) is 14.2. The molecule has 2 N–H and O–H groups in total. The van der Waals surface area contributed by atoms with E-state index in [9.17, 15) is 4.39 Å². The highest BCUT2D eigenvalue weighted by Gasteiger charge is 2.10. The molecule has 0 saturated carbocycles. The standard InChI is InChI=1S/C13H11BrFN5/c1-2-17-13-18-7-10(15)12(20-13)19-11-4-3-9(14)5-8(11)6-16/h3-5,7H,2H2,1H3,(H2,17,18,19,20). The van der Waals surface area contributed by atoms with Gasteiger partial charge in [0.15, 0.2) is 11.6 Å². The maximum Gasteiger partial charge on any atom is 0.224 e. The summed E-state index contributed by atoms with van der Waals surface area (Å²) in [4.78, 5) is 7.84. The van der Waals surface area contributed by atoms with E-state index in [1.165, 1.54) is 0 Å². The van der Waals surface area contributed by atoms with Crippen molar-refractivity contribution >= 4 is 33.4 Å². The summed E-state index contributed by atoms with van der Waals surface area (Å²) in [5.74, 6) is -0.236. The molecule has 1 heterocycles. The van der Waals surface area contributed by atoms with Crippen LogP contribution in [0.3, 0.4) is 0 Å². The summed E-state index contributed by atoms with van der Waals surface area (Å²) in [7, 11) is 0. The molecule has 0 unspecified atom stereocenters. The maximum atomic E-state index is 13.7. The van der Waals surface area contributed by atoms with E-state index >= 15 is 0 Å². The van der Waals surface area contributed by atoms with E-state index in [1.807, 2.05) is 13.0 Å². The molecule has 5 nitrogen and oxygen atoms in total. The van der Waals surface area contributed by atoms with Crippen LogP contribution in [0, 0.1) is 17.1 Å². The number of hydrogen-bond donors (Lipinski definition) is 2. The zero-order valence-electron chi connectivity index (χ0n) is 10.6. The summed E-state index contributed by atoms with van der Waals surface area (Å²) < 4.78 is 14.5. The summed E-state index contributed by atoms with van der Waals surface area (Å²) >= 11 is 3.28.